The van der Waals surface area contributed by atoms with E-state index in [0.29, 0.717) is 19.4 Å². The molecule has 104 valence electrons. The molecule has 0 bridgehead atoms. The molecule has 1 atom stereocenters. The van der Waals surface area contributed by atoms with Crippen LogP contribution in [0.4, 0.5) is 0 Å². The summed E-state index contributed by atoms with van der Waals surface area (Å²) in [5.41, 5.74) is 0. The van der Waals surface area contributed by atoms with Crippen LogP contribution in [-0.2, 0) is 9.59 Å². The van der Waals surface area contributed by atoms with Gasteiger partial charge in [-0.25, -0.2) is 0 Å². The number of hydrogen-bond donors (Lipinski definition) is 1. The Bertz CT molecular complexity index is 282. The van der Waals surface area contributed by atoms with Gasteiger partial charge in [0.1, 0.15) is 0 Å². The molecule has 1 saturated heterocycles. The summed E-state index contributed by atoms with van der Waals surface area (Å²) >= 11 is 0. The molecule has 5 nitrogen and oxygen atoms in total. The van der Waals surface area contributed by atoms with Gasteiger partial charge in [-0.15, -0.1) is 0 Å². The van der Waals surface area contributed by atoms with Crippen molar-refractivity contribution in [1.29, 1.82) is 0 Å². The van der Waals surface area contributed by atoms with Gasteiger partial charge in [0, 0.05) is 26.1 Å². The average Bonchev–Trinajstić information content (AvgIpc) is 2.34. The van der Waals surface area contributed by atoms with Crippen LogP contribution in [0.3, 0.4) is 0 Å². The van der Waals surface area contributed by atoms with E-state index >= 15 is 0 Å². The first kappa shape index (κ1) is 15.0. The van der Waals surface area contributed by atoms with E-state index < -0.39 is 0 Å². The Balaban J connectivity index is 2.38. The molecule has 0 aliphatic carbocycles. The van der Waals surface area contributed by atoms with Crippen molar-refractivity contribution in [2.75, 3.05) is 40.3 Å². The molecule has 0 saturated carbocycles. The van der Waals surface area contributed by atoms with Crippen LogP contribution in [0.15, 0.2) is 0 Å². The smallest absolute Gasteiger partial charge is 0.227 e. The number of carbonyl (C=O) groups excluding carboxylic acids is 2. The number of rotatable bonds is 6. The Kier molecular flexibility index (Phi) is 6.12. The van der Waals surface area contributed by atoms with Gasteiger partial charge < -0.3 is 15.1 Å². The molecule has 0 aromatic carbocycles. The van der Waals surface area contributed by atoms with Gasteiger partial charge in [0.25, 0.3) is 0 Å². The molecule has 0 aromatic heterocycles. The van der Waals surface area contributed by atoms with Crippen LogP contribution in [0.1, 0.15) is 26.2 Å². The van der Waals surface area contributed by atoms with E-state index in [9.17, 15) is 9.59 Å². The molecule has 1 fully saturated rings. The van der Waals surface area contributed by atoms with Crippen molar-refractivity contribution in [1.82, 2.24) is 15.1 Å². The van der Waals surface area contributed by atoms with Crippen LogP contribution in [0.5, 0.6) is 0 Å². The number of nitrogens with zero attached hydrogens (tertiary/aromatic N) is 2. The molecule has 18 heavy (non-hydrogen) atoms. The molecule has 5 heteroatoms. The first-order valence-corrected chi connectivity index (χ1v) is 6.74. The fraction of sp³-hybridized carbons (Fsp3) is 0.846. The summed E-state index contributed by atoms with van der Waals surface area (Å²) in [6.07, 6.45) is 2.16. The number of carbonyl (C=O) groups is 2. The molecule has 0 radical (unpaired) electrons. The number of piperidine rings is 1. The molecular weight excluding hydrogens is 230 g/mol. The van der Waals surface area contributed by atoms with E-state index in [-0.39, 0.29) is 17.7 Å². The summed E-state index contributed by atoms with van der Waals surface area (Å²) in [6, 6.07) is 0. The van der Waals surface area contributed by atoms with Gasteiger partial charge in [0.05, 0.1) is 5.92 Å². The largest absolute Gasteiger partial charge is 0.355 e. The van der Waals surface area contributed by atoms with E-state index in [4.69, 9.17) is 0 Å². The minimum atomic E-state index is -0.0259. The normalized spacial score (nSPS) is 19.8. The summed E-state index contributed by atoms with van der Waals surface area (Å²) in [7, 11) is 4.07. The third-order valence-corrected chi connectivity index (χ3v) is 3.34. The molecule has 2 amide bonds. The van der Waals surface area contributed by atoms with Crippen molar-refractivity contribution in [3.8, 4) is 0 Å². The Morgan fingerprint density at radius 2 is 2.11 bits per heavy atom. The van der Waals surface area contributed by atoms with Gasteiger partial charge in [-0.1, -0.05) is 0 Å². The topological polar surface area (TPSA) is 52.7 Å². The Morgan fingerprint density at radius 3 is 2.61 bits per heavy atom. The quantitative estimate of drug-likeness (QED) is 0.743. The lowest BCUT2D eigenvalue weighted by molar-refractivity contribution is -0.137. The summed E-state index contributed by atoms with van der Waals surface area (Å²) < 4.78 is 0. The molecule has 1 unspecified atom stereocenters. The van der Waals surface area contributed by atoms with Crippen LogP contribution in [0.2, 0.25) is 0 Å². The monoisotopic (exact) mass is 255 g/mol. The van der Waals surface area contributed by atoms with E-state index in [1.807, 2.05) is 25.9 Å². The highest BCUT2D eigenvalue weighted by molar-refractivity contribution is 5.83. The standard InChI is InChI=1S/C13H25N3O2/c1-4-16(9-5-8-15(2)3)13(18)11-6-7-12(17)14-10-11/h11H,4-10H2,1-3H3,(H,14,17). The SMILES string of the molecule is CCN(CCCN(C)C)C(=O)C1CCC(=O)NC1. The minimum absolute atomic E-state index is 0.0259. The summed E-state index contributed by atoms with van der Waals surface area (Å²) in [5.74, 6) is 0.230. The van der Waals surface area contributed by atoms with Gasteiger partial charge in [-0.05, 0) is 40.4 Å². The summed E-state index contributed by atoms with van der Waals surface area (Å²) in [4.78, 5) is 27.4. The van der Waals surface area contributed by atoms with E-state index in [0.717, 1.165) is 26.1 Å². The average molecular weight is 255 g/mol. The second kappa shape index (κ2) is 7.36. The molecular formula is C13H25N3O2. The third kappa shape index (κ3) is 4.64. The van der Waals surface area contributed by atoms with Gasteiger partial charge >= 0.3 is 0 Å². The van der Waals surface area contributed by atoms with Gasteiger partial charge in [-0.3, -0.25) is 9.59 Å². The van der Waals surface area contributed by atoms with Crippen molar-refractivity contribution in [2.45, 2.75) is 26.2 Å². The second-order valence-corrected chi connectivity index (χ2v) is 5.11. The summed E-state index contributed by atoms with van der Waals surface area (Å²) in [5, 5.41) is 2.77. The van der Waals surface area contributed by atoms with Crippen LogP contribution in [0.25, 0.3) is 0 Å². The highest BCUT2D eigenvalue weighted by Crippen LogP contribution is 2.14. The van der Waals surface area contributed by atoms with Crippen molar-refractivity contribution in [2.24, 2.45) is 5.92 Å². The highest BCUT2D eigenvalue weighted by atomic mass is 16.2. The van der Waals surface area contributed by atoms with Crippen LogP contribution >= 0.6 is 0 Å². The zero-order chi connectivity index (χ0) is 13.5. The molecule has 1 rings (SSSR count). The predicted octanol–water partition coefficient (Wildman–Crippen LogP) is 0.313. The highest BCUT2D eigenvalue weighted by Gasteiger charge is 2.27. The van der Waals surface area contributed by atoms with E-state index in [1.54, 1.807) is 0 Å². The Labute approximate surface area is 110 Å². The maximum Gasteiger partial charge on any atom is 0.227 e. The molecule has 1 aliphatic heterocycles. The van der Waals surface area contributed by atoms with Gasteiger partial charge in [0.15, 0.2) is 0 Å². The van der Waals surface area contributed by atoms with Crippen molar-refractivity contribution in [3.05, 3.63) is 0 Å². The zero-order valence-corrected chi connectivity index (χ0v) is 11.7. The molecule has 1 heterocycles. The molecule has 1 aliphatic rings. The molecule has 0 aromatic rings. The van der Waals surface area contributed by atoms with Gasteiger partial charge in [-0.2, -0.15) is 0 Å². The number of nitrogens with one attached hydrogen (secondary N) is 1. The number of hydrogen-bond acceptors (Lipinski definition) is 3. The van der Waals surface area contributed by atoms with E-state index in [1.165, 1.54) is 0 Å². The van der Waals surface area contributed by atoms with Gasteiger partial charge in [0.2, 0.25) is 11.8 Å². The third-order valence-electron chi connectivity index (χ3n) is 3.34. The van der Waals surface area contributed by atoms with Crippen molar-refractivity contribution in [3.63, 3.8) is 0 Å². The minimum Gasteiger partial charge on any atom is -0.355 e. The predicted molar refractivity (Wildman–Crippen MR) is 71.2 cm³/mol. The lowest BCUT2D eigenvalue weighted by Gasteiger charge is -2.29. The Morgan fingerprint density at radius 1 is 1.39 bits per heavy atom. The maximum atomic E-state index is 12.3. The van der Waals surface area contributed by atoms with E-state index in [2.05, 4.69) is 10.2 Å². The fourth-order valence-electron chi connectivity index (χ4n) is 2.20. The number of amides is 2. The lowest BCUT2D eigenvalue weighted by Crippen LogP contribution is -2.45. The van der Waals surface area contributed by atoms with Crippen LogP contribution in [0, 0.1) is 5.92 Å². The first-order chi connectivity index (χ1) is 8.54. The maximum absolute atomic E-state index is 12.3. The second-order valence-electron chi connectivity index (χ2n) is 5.11. The fourth-order valence-corrected chi connectivity index (χ4v) is 2.20. The Hall–Kier alpha value is -1.10. The lowest BCUT2D eigenvalue weighted by atomic mass is 9.97. The van der Waals surface area contributed by atoms with Crippen molar-refractivity contribution < 1.29 is 9.59 Å². The molecule has 1 N–H and O–H groups in total. The first-order valence-electron chi connectivity index (χ1n) is 6.74. The van der Waals surface area contributed by atoms with Crippen molar-refractivity contribution >= 4 is 11.8 Å². The van der Waals surface area contributed by atoms with Crippen LogP contribution in [-0.4, -0.2) is 61.9 Å². The summed E-state index contributed by atoms with van der Waals surface area (Å²) in [6.45, 7) is 5.05. The van der Waals surface area contributed by atoms with Crippen LogP contribution < -0.4 is 5.32 Å². The molecule has 0 spiro atoms. The zero-order valence-electron chi connectivity index (χ0n) is 11.7.